The SMILES string of the molecule is C=C(C)C[C@@H](N)c1ccc(OC(C)=O)c(OC)c1.Cl. The van der Waals surface area contributed by atoms with E-state index in [2.05, 4.69) is 6.58 Å². The second-order valence-corrected chi connectivity index (χ2v) is 4.27. The predicted molar refractivity (Wildman–Crippen MR) is 77.9 cm³/mol. The largest absolute Gasteiger partial charge is 0.493 e. The average Bonchev–Trinajstić information content (AvgIpc) is 2.27. The van der Waals surface area contributed by atoms with Crippen LogP contribution in [-0.2, 0) is 4.79 Å². The van der Waals surface area contributed by atoms with E-state index in [4.69, 9.17) is 15.2 Å². The van der Waals surface area contributed by atoms with E-state index >= 15 is 0 Å². The molecule has 0 aliphatic heterocycles. The summed E-state index contributed by atoms with van der Waals surface area (Å²) in [6.07, 6.45) is 0.704. The number of halogens is 1. The van der Waals surface area contributed by atoms with Gasteiger partial charge in [-0.3, -0.25) is 4.79 Å². The average molecular weight is 286 g/mol. The van der Waals surface area contributed by atoms with Crippen LogP contribution in [0.2, 0.25) is 0 Å². The van der Waals surface area contributed by atoms with Gasteiger partial charge in [0, 0.05) is 13.0 Å². The molecule has 0 amide bonds. The number of ether oxygens (including phenoxy) is 2. The number of carbonyl (C=O) groups excluding carboxylic acids is 1. The molecule has 1 rings (SSSR count). The van der Waals surface area contributed by atoms with Gasteiger partial charge in [0.05, 0.1) is 7.11 Å². The molecule has 1 aromatic carbocycles. The first-order valence-electron chi connectivity index (χ1n) is 5.70. The van der Waals surface area contributed by atoms with Crippen molar-refractivity contribution < 1.29 is 14.3 Å². The van der Waals surface area contributed by atoms with Crippen LogP contribution in [0.4, 0.5) is 0 Å². The van der Waals surface area contributed by atoms with Crippen molar-refractivity contribution in [3.63, 3.8) is 0 Å². The highest BCUT2D eigenvalue weighted by atomic mass is 35.5. The van der Waals surface area contributed by atoms with Crippen LogP contribution in [-0.4, -0.2) is 13.1 Å². The van der Waals surface area contributed by atoms with Gasteiger partial charge in [0.25, 0.3) is 0 Å². The number of carbonyl (C=O) groups is 1. The number of hydrogen-bond acceptors (Lipinski definition) is 4. The molecule has 0 fully saturated rings. The molecule has 0 heterocycles. The number of hydrogen-bond donors (Lipinski definition) is 1. The lowest BCUT2D eigenvalue weighted by molar-refractivity contribution is -0.132. The fourth-order valence-electron chi connectivity index (χ4n) is 1.65. The van der Waals surface area contributed by atoms with Crippen molar-refractivity contribution in [3.05, 3.63) is 35.9 Å². The Morgan fingerprint density at radius 3 is 2.47 bits per heavy atom. The number of nitrogens with two attached hydrogens (primary N) is 1. The van der Waals surface area contributed by atoms with Crippen molar-refractivity contribution >= 4 is 18.4 Å². The molecule has 106 valence electrons. The molecule has 2 N–H and O–H groups in total. The van der Waals surface area contributed by atoms with Crippen LogP contribution >= 0.6 is 12.4 Å². The molecular weight excluding hydrogens is 266 g/mol. The van der Waals surface area contributed by atoms with Crippen LogP contribution in [0.1, 0.15) is 31.9 Å². The van der Waals surface area contributed by atoms with Crippen LogP contribution < -0.4 is 15.2 Å². The maximum absolute atomic E-state index is 10.9. The van der Waals surface area contributed by atoms with E-state index in [9.17, 15) is 4.79 Å². The normalized spacial score (nSPS) is 11.2. The Labute approximate surface area is 120 Å². The van der Waals surface area contributed by atoms with E-state index < -0.39 is 0 Å². The van der Waals surface area contributed by atoms with Crippen LogP contribution in [0.5, 0.6) is 11.5 Å². The van der Waals surface area contributed by atoms with E-state index in [1.165, 1.54) is 14.0 Å². The van der Waals surface area contributed by atoms with Crippen LogP contribution in [0.15, 0.2) is 30.4 Å². The van der Waals surface area contributed by atoms with E-state index in [-0.39, 0.29) is 24.4 Å². The maximum Gasteiger partial charge on any atom is 0.308 e. The van der Waals surface area contributed by atoms with Gasteiger partial charge in [-0.05, 0) is 31.0 Å². The summed E-state index contributed by atoms with van der Waals surface area (Å²) in [5.41, 5.74) is 7.99. The summed E-state index contributed by atoms with van der Waals surface area (Å²) in [5, 5.41) is 0. The third kappa shape index (κ3) is 5.32. The van der Waals surface area contributed by atoms with Crippen molar-refractivity contribution in [2.75, 3.05) is 7.11 Å². The fraction of sp³-hybridized carbons (Fsp3) is 0.357. The van der Waals surface area contributed by atoms with Crippen molar-refractivity contribution in [2.45, 2.75) is 26.3 Å². The van der Waals surface area contributed by atoms with E-state index in [0.29, 0.717) is 17.9 Å². The minimum atomic E-state index is -0.382. The molecule has 0 saturated carbocycles. The summed E-state index contributed by atoms with van der Waals surface area (Å²) < 4.78 is 10.2. The Morgan fingerprint density at radius 1 is 1.37 bits per heavy atom. The Hall–Kier alpha value is -1.52. The van der Waals surface area contributed by atoms with Gasteiger partial charge in [-0.15, -0.1) is 19.0 Å². The smallest absolute Gasteiger partial charge is 0.308 e. The quantitative estimate of drug-likeness (QED) is 0.513. The van der Waals surface area contributed by atoms with Crippen molar-refractivity contribution in [1.82, 2.24) is 0 Å². The Bertz CT molecular complexity index is 460. The molecule has 1 aromatic rings. The first-order chi connectivity index (χ1) is 8.43. The molecule has 1 atom stereocenters. The summed E-state index contributed by atoms with van der Waals surface area (Å²) in [6, 6.07) is 5.16. The monoisotopic (exact) mass is 285 g/mol. The lowest BCUT2D eigenvalue weighted by atomic mass is 10.0. The van der Waals surface area contributed by atoms with E-state index in [1.54, 1.807) is 12.1 Å². The summed E-state index contributed by atoms with van der Waals surface area (Å²) in [7, 11) is 1.52. The zero-order valence-electron chi connectivity index (χ0n) is 11.4. The zero-order valence-corrected chi connectivity index (χ0v) is 12.3. The first-order valence-corrected chi connectivity index (χ1v) is 5.70. The van der Waals surface area contributed by atoms with Crippen LogP contribution in [0, 0.1) is 0 Å². The summed E-state index contributed by atoms with van der Waals surface area (Å²) in [4.78, 5) is 10.9. The molecule has 0 aliphatic rings. The lowest BCUT2D eigenvalue weighted by Gasteiger charge is -2.15. The van der Waals surface area contributed by atoms with Crippen LogP contribution in [0.3, 0.4) is 0 Å². The van der Waals surface area contributed by atoms with Gasteiger partial charge in [0.2, 0.25) is 0 Å². The van der Waals surface area contributed by atoms with E-state index in [0.717, 1.165) is 11.1 Å². The van der Waals surface area contributed by atoms with E-state index in [1.807, 2.05) is 13.0 Å². The standard InChI is InChI=1S/C14H19NO3.ClH/c1-9(2)7-12(15)11-5-6-13(18-10(3)16)14(8-11)17-4;/h5-6,8,12H,1,7,15H2,2-4H3;1H/t12-;/m1./s1. The molecule has 4 nitrogen and oxygen atoms in total. The number of benzene rings is 1. The fourth-order valence-corrected chi connectivity index (χ4v) is 1.65. The molecule has 0 aromatic heterocycles. The first kappa shape index (κ1) is 17.5. The van der Waals surface area contributed by atoms with Crippen LogP contribution in [0.25, 0.3) is 0 Å². The molecule has 0 radical (unpaired) electrons. The second-order valence-electron chi connectivity index (χ2n) is 4.27. The molecule has 0 unspecified atom stereocenters. The van der Waals surface area contributed by atoms with Crippen molar-refractivity contribution in [3.8, 4) is 11.5 Å². The molecule has 0 saturated heterocycles. The highest BCUT2D eigenvalue weighted by Gasteiger charge is 2.12. The molecule has 0 aliphatic carbocycles. The minimum Gasteiger partial charge on any atom is -0.493 e. The van der Waals surface area contributed by atoms with Crippen molar-refractivity contribution in [1.29, 1.82) is 0 Å². The van der Waals surface area contributed by atoms with Crippen molar-refractivity contribution in [2.24, 2.45) is 5.73 Å². The molecular formula is C14H20ClNO3. The Kier molecular flexibility index (Phi) is 7.19. The third-order valence-electron chi connectivity index (χ3n) is 2.44. The van der Waals surface area contributed by atoms with Gasteiger partial charge in [0.1, 0.15) is 0 Å². The van der Waals surface area contributed by atoms with Gasteiger partial charge in [-0.1, -0.05) is 11.6 Å². The topological polar surface area (TPSA) is 61.5 Å². The highest BCUT2D eigenvalue weighted by Crippen LogP contribution is 2.31. The van der Waals surface area contributed by atoms with Gasteiger partial charge < -0.3 is 15.2 Å². The minimum absolute atomic E-state index is 0. The summed E-state index contributed by atoms with van der Waals surface area (Å²) in [5.74, 6) is 0.517. The number of methoxy groups -OCH3 is 1. The summed E-state index contributed by atoms with van der Waals surface area (Å²) >= 11 is 0. The predicted octanol–water partition coefficient (Wildman–Crippen LogP) is 3.01. The molecule has 0 spiro atoms. The highest BCUT2D eigenvalue weighted by molar-refractivity contribution is 5.85. The second kappa shape index (κ2) is 7.81. The van der Waals surface area contributed by atoms with Gasteiger partial charge in [-0.25, -0.2) is 0 Å². The Morgan fingerprint density at radius 2 is 2.00 bits per heavy atom. The molecule has 5 heteroatoms. The zero-order chi connectivity index (χ0) is 13.7. The number of esters is 1. The number of rotatable bonds is 5. The summed E-state index contributed by atoms with van der Waals surface area (Å²) in [6.45, 7) is 7.12. The van der Waals surface area contributed by atoms with Gasteiger partial charge >= 0.3 is 5.97 Å². The Balaban J connectivity index is 0.00000324. The molecule has 19 heavy (non-hydrogen) atoms. The molecule has 0 bridgehead atoms. The van der Waals surface area contributed by atoms with Gasteiger partial charge in [0.15, 0.2) is 11.5 Å². The third-order valence-corrected chi connectivity index (χ3v) is 2.44. The maximum atomic E-state index is 10.9. The lowest BCUT2D eigenvalue weighted by Crippen LogP contribution is -2.11. The van der Waals surface area contributed by atoms with Gasteiger partial charge in [-0.2, -0.15) is 0 Å².